The van der Waals surface area contributed by atoms with Gasteiger partial charge in [0, 0.05) is 11.8 Å². The molecular formula is C15H11N3O. The Kier molecular flexibility index (Phi) is 2.66. The van der Waals surface area contributed by atoms with E-state index < -0.39 is 0 Å². The second-order valence-electron chi connectivity index (χ2n) is 4.21. The van der Waals surface area contributed by atoms with Gasteiger partial charge in [-0.2, -0.15) is 5.26 Å². The summed E-state index contributed by atoms with van der Waals surface area (Å²) in [4.78, 5) is 7.33. The predicted octanol–water partition coefficient (Wildman–Crippen LogP) is 3.52. The Bertz CT molecular complexity index is 747. The summed E-state index contributed by atoms with van der Waals surface area (Å²) in [6.07, 6.45) is 1.71. The zero-order valence-corrected chi connectivity index (χ0v) is 10.3. The van der Waals surface area contributed by atoms with Gasteiger partial charge in [-0.3, -0.25) is 4.98 Å². The van der Waals surface area contributed by atoms with Crippen molar-refractivity contribution in [3.63, 3.8) is 0 Å². The number of aromatic amines is 1. The summed E-state index contributed by atoms with van der Waals surface area (Å²) in [5, 5.41) is 9.21. The molecule has 92 valence electrons. The fraction of sp³-hybridized carbons (Fsp3) is 0.0667. The van der Waals surface area contributed by atoms with E-state index in [0.29, 0.717) is 5.69 Å². The van der Waals surface area contributed by atoms with E-state index in [1.807, 2.05) is 43.3 Å². The molecule has 4 nitrogen and oxygen atoms in total. The van der Waals surface area contributed by atoms with Crippen LogP contribution in [0, 0.1) is 18.3 Å². The number of H-pyrrole nitrogens is 1. The van der Waals surface area contributed by atoms with E-state index in [9.17, 15) is 5.26 Å². The van der Waals surface area contributed by atoms with Crippen molar-refractivity contribution in [1.82, 2.24) is 9.97 Å². The lowest BCUT2D eigenvalue weighted by Crippen LogP contribution is -1.83. The molecule has 3 aromatic rings. The Morgan fingerprint density at radius 2 is 2.16 bits per heavy atom. The number of hydrogen-bond acceptors (Lipinski definition) is 3. The average molecular weight is 249 g/mol. The van der Waals surface area contributed by atoms with Crippen LogP contribution in [0.3, 0.4) is 0 Å². The molecule has 0 aliphatic heterocycles. The molecule has 4 heteroatoms. The van der Waals surface area contributed by atoms with Gasteiger partial charge in [-0.25, -0.2) is 0 Å². The monoisotopic (exact) mass is 249 g/mol. The first-order valence-electron chi connectivity index (χ1n) is 5.89. The number of nitrogens with zero attached hydrogens (tertiary/aromatic N) is 2. The zero-order chi connectivity index (χ0) is 13.2. The molecule has 3 rings (SSSR count). The summed E-state index contributed by atoms with van der Waals surface area (Å²) >= 11 is 0. The Labute approximate surface area is 110 Å². The molecule has 19 heavy (non-hydrogen) atoms. The summed E-state index contributed by atoms with van der Waals surface area (Å²) in [6.45, 7) is 1.89. The minimum atomic E-state index is 0.489. The van der Waals surface area contributed by atoms with Crippen LogP contribution in [-0.2, 0) is 0 Å². The molecule has 1 N–H and O–H groups in total. The van der Waals surface area contributed by atoms with Crippen LogP contribution in [0.25, 0.3) is 22.7 Å². The van der Waals surface area contributed by atoms with Crippen LogP contribution in [0.5, 0.6) is 0 Å². The first-order valence-corrected chi connectivity index (χ1v) is 5.89. The van der Waals surface area contributed by atoms with Crippen LogP contribution in [0.4, 0.5) is 0 Å². The van der Waals surface area contributed by atoms with Crippen molar-refractivity contribution in [1.29, 1.82) is 5.26 Å². The smallest absolute Gasteiger partial charge is 0.150 e. The molecule has 0 atom stereocenters. The van der Waals surface area contributed by atoms with Crippen molar-refractivity contribution >= 4 is 0 Å². The number of furan rings is 1. The van der Waals surface area contributed by atoms with Crippen molar-refractivity contribution in [3.05, 3.63) is 54.0 Å². The van der Waals surface area contributed by atoms with Crippen LogP contribution in [-0.4, -0.2) is 9.97 Å². The number of rotatable bonds is 2. The largest absolute Gasteiger partial charge is 0.460 e. The highest BCUT2D eigenvalue weighted by Crippen LogP contribution is 2.29. The molecule has 0 radical (unpaired) electrons. The predicted molar refractivity (Wildman–Crippen MR) is 71.2 cm³/mol. The van der Waals surface area contributed by atoms with Gasteiger partial charge in [0.25, 0.3) is 0 Å². The second-order valence-corrected chi connectivity index (χ2v) is 4.21. The fourth-order valence-electron chi connectivity index (χ4n) is 1.98. The van der Waals surface area contributed by atoms with E-state index in [1.165, 1.54) is 0 Å². The molecule has 0 aromatic carbocycles. The van der Waals surface area contributed by atoms with Crippen molar-refractivity contribution in [2.24, 2.45) is 0 Å². The lowest BCUT2D eigenvalue weighted by molar-refractivity contribution is 0.547. The van der Waals surface area contributed by atoms with Crippen molar-refractivity contribution in [2.45, 2.75) is 6.92 Å². The molecule has 0 saturated heterocycles. The molecule has 0 saturated carbocycles. The molecule has 0 aliphatic carbocycles. The van der Waals surface area contributed by atoms with Gasteiger partial charge < -0.3 is 9.40 Å². The summed E-state index contributed by atoms with van der Waals surface area (Å²) in [5.41, 5.74) is 2.82. The van der Waals surface area contributed by atoms with Crippen LogP contribution in [0.2, 0.25) is 0 Å². The highest BCUT2D eigenvalue weighted by atomic mass is 16.3. The van der Waals surface area contributed by atoms with Crippen molar-refractivity contribution < 1.29 is 4.42 Å². The molecule has 0 bridgehead atoms. The molecule has 0 unspecified atom stereocenters. The third-order valence-electron chi connectivity index (χ3n) is 2.88. The molecule has 0 aliphatic rings. The topological polar surface area (TPSA) is 65.6 Å². The van der Waals surface area contributed by atoms with Crippen LogP contribution >= 0.6 is 0 Å². The number of aromatic nitrogens is 2. The molecule has 0 fully saturated rings. The normalized spacial score (nSPS) is 10.3. The lowest BCUT2D eigenvalue weighted by atomic mass is 10.1. The summed E-state index contributed by atoms with van der Waals surface area (Å²) in [6, 6.07) is 13.4. The number of nitrogens with one attached hydrogen (secondary N) is 1. The molecule has 0 amide bonds. The van der Waals surface area contributed by atoms with E-state index in [4.69, 9.17) is 4.42 Å². The molecule has 3 heterocycles. The van der Waals surface area contributed by atoms with Crippen LogP contribution in [0.1, 0.15) is 11.5 Å². The summed E-state index contributed by atoms with van der Waals surface area (Å²) in [5.74, 6) is 1.55. The van der Waals surface area contributed by atoms with Gasteiger partial charge in [0.15, 0.2) is 5.76 Å². The Morgan fingerprint density at radius 3 is 2.79 bits per heavy atom. The molecular weight excluding hydrogens is 238 g/mol. The number of nitriles is 1. The Morgan fingerprint density at radius 1 is 1.26 bits per heavy atom. The quantitative estimate of drug-likeness (QED) is 0.755. The minimum Gasteiger partial charge on any atom is -0.460 e. The standard InChI is InChI=1S/C15H11N3O/c1-10-5-6-15(19-10)13-8-11(14(9-16)18-13)12-4-2-3-7-17-12/h2-8,18H,1H3. The second kappa shape index (κ2) is 4.46. The fourth-order valence-corrected chi connectivity index (χ4v) is 1.98. The minimum absolute atomic E-state index is 0.489. The van der Waals surface area contributed by atoms with E-state index in [1.54, 1.807) is 6.20 Å². The van der Waals surface area contributed by atoms with Crippen molar-refractivity contribution in [3.8, 4) is 28.8 Å². The first kappa shape index (κ1) is 11.3. The van der Waals surface area contributed by atoms with Crippen molar-refractivity contribution in [2.75, 3.05) is 0 Å². The molecule has 0 spiro atoms. The van der Waals surface area contributed by atoms with Crippen LogP contribution in [0.15, 0.2) is 47.0 Å². The number of pyridine rings is 1. The summed E-state index contributed by atoms with van der Waals surface area (Å²) < 4.78 is 5.56. The Hall–Kier alpha value is -2.80. The Balaban J connectivity index is 2.12. The molecule has 3 aromatic heterocycles. The van der Waals surface area contributed by atoms with Crippen LogP contribution < -0.4 is 0 Å². The van der Waals surface area contributed by atoms with E-state index >= 15 is 0 Å². The maximum Gasteiger partial charge on any atom is 0.150 e. The summed E-state index contributed by atoms with van der Waals surface area (Å²) in [7, 11) is 0. The number of hydrogen-bond donors (Lipinski definition) is 1. The van der Waals surface area contributed by atoms with Gasteiger partial charge in [-0.15, -0.1) is 0 Å². The SMILES string of the molecule is Cc1ccc(-c2cc(-c3ccccn3)c(C#N)[nH]2)o1. The van der Waals surface area contributed by atoms with Gasteiger partial charge >= 0.3 is 0 Å². The third kappa shape index (κ3) is 2.02. The lowest BCUT2D eigenvalue weighted by Gasteiger charge is -1.95. The van der Waals surface area contributed by atoms with E-state index in [0.717, 1.165) is 28.5 Å². The van der Waals surface area contributed by atoms with Gasteiger partial charge in [0.2, 0.25) is 0 Å². The maximum absolute atomic E-state index is 9.21. The third-order valence-corrected chi connectivity index (χ3v) is 2.88. The number of aryl methyl sites for hydroxylation is 1. The maximum atomic E-state index is 9.21. The van der Waals surface area contributed by atoms with Gasteiger partial charge in [0.05, 0.1) is 11.4 Å². The van der Waals surface area contributed by atoms with Gasteiger partial charge in [0.1, 0.15) is 17.5 Å². The van der Waals surface area contributed by atoms with E-state index in [2.05, 4.69) is 16.0 Å². The highest BCUT2D eigenvalue weighted by molar-refractivity contribution is 5.72. The van der Waals surface area contributed by atoms with Gasteiger partial charge in [-0.05, 0) is 37.3 Å². The van der Waals surface area contributed by atoms with E-state index in [-0.39, 0.29) is 0 Å². The highest BCUT2D eigenvalue weighted by Gasteiger charge is 2.13. The first-order chi connectivity index (χ1) is 9.28. The average Bonchev–Trinajstić information content (AvgIpc) is 3.05. The zero-order valence-electron chi connectivity index (χ0n) is 10.3. The van der Waals surface area contributed by atoms with Gasteiger partial charge in [-0.1, -0.05) is 6.07 Å².